The second-order valence-electron chi connectivity index (χ2n) is 5.29. The molecule has 0 aliphatic carbocycles. The Bertz CT molecular complexity index is 492. The molecule has 1 aromatic carbocycles. The topological polar surface area (TPSA) is 58.1 Å². The van der Waals surface area contributed by atoms with Crippen LogP contribution in [0.4, 0.5) is 0 Å². The van der Waals surface area contributed by atoms with Crippen molar-refractivity contribution in [3.8, 4) is 5.75 Å². The Kier molecular flexibility index (Phi) is 6.28. The molecule has 0 spiro atoms. The molecule has 0 saturated heterocycles. The fraction of sp³-hybridized carbons (Fsp3) is 0.471. The lowest BCUT2D eigenvalue weighted by Crippen LogP contribution is -1.98. The van der Waals surface area contributed by atoms with Gasteiger partial charge in [0.1, 0.15) is 11.6 Å². The Morgan fingerprint density at radius 3 is 2.57 bits per heavy atom. The van der Waals surface area contributed by atoms with Crippen LogP contribution in [0.3, 0.4) is 0 Å². The van der Waals surface area contributed by atoms with Crippen molar-refractivity contribution in [2.75, 3.05) is 6.61 Å². The first-order chi connectivity index (χ1) is 10.3. The number of H-pyrrole nitrogens is 1. The monoisotopic (exact) mass is 288 g/mol. The molecule has 4 nitrogen and oxygen atoms in total. The van der Waals surface area contributed by atoms with Gasteiger partial charge < -0.3 is 14.8 Å². The molecule has 0 bridgehead atoms. The molecule has 0 aliphatic heterocycles. The summed E-state index contributed by atoms with van der Waals surface area (Å²) < 4.78 is 5.69. The van der Waals surface area contributed by atoms with E-state index in [0.717, 1.165) is 43.0 Å². The Morgan fingerprint density at radius 2 is 1.90 bits per heavy atom. The minimum Gasteiger partial charge on any atom is -0.494 e. The van der Waals surface area contributed by atoms with Crippen LogP contribution in [0.15, 0.2) is 36.7 Å². The zero-order valence-corrected chi connectivity index (χ0v) is 12.6. The molecule has 1 heterocycles. The van der Waals surface area contributed by atoms with Gasteiger partial charge in [-0.1, -0.05) is 25.0 Å². The lowest BCUT2D eigenvalue weighted by molar-refractivity contribution is 0.199. The molecule has 4 heteroatoms. The highest BCUT2D eigenvalue weighted by Crippen LogP contribution is 2.17. The number of hydrogen-bond acceptors (Lipinski definition) is 3. The van der Waals surface area contributed by atoms with Crippen molar-refractivity contribution < 1.29 is 9.84 Å². The van der Waals surface area contributed by atoms with Crippen molar-refractivity contribution in [2.45, 2.75) is 45.1 Å². The van der Waals surface area contributed by atoms with Crippen molar-refractivity contribution in [2.24, 2.45) is 0 Å². The number of aliphatic hydroxyl groups is 1. The molecular formula is C17H24N2O2. The smallest absolute Gasteiger partial charge is 0.119 e. The summed E-state index contributed by atoms with van der Waals surface area (Å²) in [5.41, 5.74) is 0.917. The Hall–Kier alpha value is -1.81. The first kappa shape index (κ1) is 15.6. The van der Waals surface area contributed by atoms with Crippen molar-refractivity contribution >= 4 is 0 Å². The molecule has 2 aromatic rings. The molecular weight excluding hydrogens is 264 g/mol. The zero-order valence-electron chi connectivity index (χ0n) is 12.6. The number of ether oxygens (including phenoxy) is 1. The van der Waals surface area contributed by atoms with Crippen molar-refractivity contribution in [3.05, 3.63) is 48.0 Å². The first-order valence-corrected chi connectivity index (χ1v) is 7.65. The molecule has 1 aromatic heterocycles. The van der Waals surface area contributed by atoms with Crippen LogP contribution in [0.2, 0.25) is 0 Å². The summed E-state index contributed by atoms with van der Waals surface area (Å²) in [5, 5.41) is 9.43. The minimum atomic E-state index is -0.423. The number of hydrogen-bond donors (Lipinski definition) is 2. The second-order valence-corrected chi connectivity index (χ2v) is 5.29. The first-order valence-electron chi connectivity index (χ1n) is 7.65. The Morgan fingerprint density at radius 1 is 1.14 bits per heavy atom. The molecule has 1 unspecified atom stereocenters. The maximum Gasteiger partial charge on any atom is 0.119 e. The number of benzene rings is 1. The van der Waals surface area contributed by atoms with Gasteiger partial charge in [0.25, 0.3) is 0 Å². The minimum absolute atomic E-state index is 0.423. The van der Waals surface area contributed by atoms with Gasteiger partial charge in [0, 0.05) is 18.8 Å². The van der Waals surface area contributed by atoms with Gasteiger partial charge in [0.2, 0.25) is 0 Å². The standard InChI is InChI=1S/C17H24N2O2/c1-14(20)15-7-9-16(10-8-15)21-13-5-3-2-4-6-17-18-11-12-19-17/h7-12,14,20H,2-6,13H2,1H3,(H,18,19). The van der Waals surface area contributed by atoms with E-state index in [1.54, 1.807) is 13.1 Å². The summed E-state index contributed by atoms with van der Waals surface area (Å²) in [5.74, 6) is 1.94. The normalized spacial score (nSPS) is 12.3. The Labute approximate surface area is 126 Å². The molecule has 2 rings (SSSR count). The fourth-order valence-electron chi connectivity index (χ4n) is 2.22. The predicted molar refractivity (Wildman–Crippen MR) is 83.3 cm³/mol. The summed E-state index contributed by atoms with van der Waals surface area (Å²) >= 11 is 0. The number of rotatable bonds is 9. The third-order valence-corrected chi connectivity index (χ3v) is 3.49. The van der Waals surface area contributed by atoms with Gasteiger partial charge in [-0.2, -0.15) is 0 Å². The van der Waals surface area contributed by atoms with Crippen molar-refractivity contribution in [3.63, 3.8) is 0 Å². The number of nitrogens with one attached hydrogen (secondary N) is 1. The van der Waals surface area contributed by atoms with E-state index in [2.05, 4.69) is 9.97 Å². The van der Waals surface area contributed by atoms with E-state index in [1.165, 1.54) is 12.8 Å². The highest BCUT2D eigenvalue weighted by atomic mass is 16.5. The highest BCUT2D eigenvalue weighted by molar-refractivity contribution is 5.28. The van der Waals surface area contributed by atoms with E-state index in [4.69, 9.17) is 4.74 Å². The third-order valence-electron chi connectivity index (χ3n) is 3.49. The molecule has 114 valence electrons. The van der Waals surface area contributed by atoms with Crippen LogP contribution in [0.25, 0.3) is 0 Å². The SMILES string of the molecule is CC(O)c1ccc(OCCCCCCc2ncc[nH]2)cc1. The Balaban J connectivity index is 1.53. The molecule has 0 fully saturated rings. The lowest BCUT2D eigenvalue weighted by atomic mass is 10.1. The molecule has 2 N–H and O–H groups in total. The summed E-state index contributed by atoms with van der Waals surface area (Å²) in [6.45, 7) is 2.51. The van der Waals surface area contributed by atoms with Crippen LogP contribution < -0.4 is 4.74 Å². The van der Waals surface area contributed by atoms with Gasteiger partial charge in [-0.3, -0.25) is 0 Å². The molecule has 1 atom stereocenters. The molecule has 0 saturated carbocycles. The maximum atomic E-state index is 9.43. The van der Waals surface area contributed by atoms with Crippen molar-refractivity contribution in [1.82, 2.24) is 9.97 Å². The zero-order chi connectivity index (χ0) is 14.9. The van der Waals surface area contributed by atoms with Crippen LogP contribution in [-0.2, 0) is 6.42 Å². The van der Waals surface area contributed by atoms with Crippen LogP contribution in [-0.4, -0.2) is 21.7 Å². The van der Waals surface area contributed by atoms with E-state index >= 15 is 0 Å². The fourth-order valence-corrected chi connectivity index (χ4v) is 2.22. The van der Waals surface area contributed by atoms with Crippen molar-refractivity contribution in [1.29, 1.82) is 0 Å². The average molecular weight is 288 g/mol. The van der Waals surface area contributed by atoms with E-state index in [0.29, 0.717) is 0 Å². The van der Waals surface area contributed by atoms with Gasteiger partial charge in [-0.05, 0) is 37.5 Å². The maximum absolute atomic E-state index is 9.43. The summed E-state index contributed by atoms with van der Waals surface area (Å²) in [6, 6.07) is 7.64. The van der Waals surface area contributed by atoms with Gasteiger partial charge in [0.05, 0.1) is 12.7 Å². The molecule has 0 aliphatic rings. The number of imidazole rings is 1. The second kappa shape index (κ2) is 8.47. The summed E-state index contributed by atoms with van der Waals surface area (Å²) in [7, 11) is 0. The van der Waals surface area contributed by atoms with Crippen LogP contribution in [0, 0.1) is 0 Å². The number of aromatic nitrogens is 2. The number of unbranched alkanes of at least 4 members (excludes halogenated alkanes) is 3. The largest absolute Gasteiger partial charge is 0.494 e. The van der Waals surface area contributed by atoms with Gasteiger partial charge in [0.15, 0.2) is 0 Å². The van der Waals surface area contributed by atoms with Gasteiger partial charge in [-0.25, -0.2) is 4.98 Å². The van der Waals surface area contributed by atoms with Crippen LogP contribution in [0.5, 0.6) is 5.75 Å². The summed E-state index contributed by atoms with van der Waals surface area (Å²) in [6.07, 6.45) is 8.87. The van der Waals surface area contributed by atoms with Crippen LogP contribution >= 0.6 is 0 Å². The number of aromatic amines is 1. The number of nitrogens with zero attached hydrogens (tertiary/aromatic N) is 1. The number of aliphatic hydroxyl groups excluding tert-OH is 1. The highest BCUT2D eigenvalue weighted by Gasteiger charge is 2.00. The average Bonchev–Trinajstić information content (AvgIpc) is 3.00. The third kappa shape index (κ3) is 5.60. The van der Waals surface area contributed by atoms with Crippen LogP contribution in [0.1, 0.15) is 50.1 Å². The van der Waals surface area contributed by atoms with E-state index in [1.807, 2.05) is 30.5 Å². The predicted octanol–water partition coefficient (Wildman–Crippen LogP) is 3.64. The molecule has 0 radical (unpaired) electrons. The summed E-state index contributed by atoms with van der Waals surface area (Å²) in [4.78, 5) is 7.33. The quantitative estimate of drug-likeness (QED) is 0.692. The molecule has 0 amide bonds. The van der Waals surface area contributed by atoms with Gasteiger partial charge >= 0.3 is 0 Å². The molecule has 21 heavy (non-hydrogen) atoms. The lowest BCUT2D eigenvalue weighted by Gasteiger charge is -2.08. The van der Waals surface area contributed by atoms with E-state index in [-0.39, 0.29) is 0 Å². The van der Waals surface area contributed by atoms with Gasteiger partial charge in [-0.15, -0.1) is 0 Å². The van der Waals surface area contributed by atoms with E-state index in [9.17, 15) is 5.11 Å². The number of aryl methyl sites for hydroxylation is 1. The van der Waals surface area contributed by atoms with E-state index < -0.39 is 6.10 Å².